The quantitative estimate of drug-likeness (QED) is 0.872. The Morgan fingerprint density at radius 2 is 1.85 bits per heavy atom. The van der Waals surface area contributed by atoms with Gasteiger partial charge in [-0.2, -0.15) is 13.2 Å². The molecular formula is C11H6Cl2F3N3S. The van der Waals surface area contributed by atoms with Gasteiger partial charge in [0.15, 0.2) is 0 Å². The fourth-order valence-corrected chi connectivity index (χ4v) is 2.46. The average molecular weight is 340 g/mol. The standard InChI is InChI=1S/C11H6Cl2F3N3S/c12-6-3-7(13)10(19-9(6)17)20-8-2-1-5(4-18-8)11(14,15)16/h1-4H,(H2,17,19). The van der Waals surface area contributed by atoms with Gasteiger partial charge in [-0.1, -0.05) is 23.2 Å². The minimum Gasteiger partial charge on any atom is -0.382 e. The maximum atomic E-state index is 12.4. The van der Waals surface area contributed by atoms with Crippen LogP contribution in [0.2, 0.25) is 10.0 Å². The van der Waals surface area contributed by atoms with Crippen molar-refractivity contribution < 1.29 is 13.2 Å². The molecule has 2 rings (SSSR count). The van der Waals surface area contributed by atoms with Crippen molar-refractivity contribution in [3.8, 4) is 0 Å². The van der Waals surface area contributed by atoms with Gasteiger partial charge in [0.2, 0.25) is 0 Å². The van der Waals surface area contributed by atoms with Gasteiger partial charge >= 0.3 is 6.18 Å². The van der Waals surface area contributed by atoms with Crippen molar-refractivity contribution in [3.05, 3.63) is 40.0 Å². The normalized spacial score (nSPS) is 11.7. The van der Waals surface area contributed by atoms with Crippen LogP contribution in [-0.2, 0) is 6.18 Å². The minimum atomic E-state index is -4.42. The molecule has 0 spiro atoms. The molecule has 0 aliphatic heterocycles. The molecule has 0 fully saturated rings. The average Bonchev–Trinajstić information content (AvgIpc) is 2.35. The topological polar surface area (TPSA) is 51.8 Å². The Morgan fingerprint density at radius 1 is 1.15 bits per heavy atom. The second-order valence-corrected chi connectivity index (χ2v) is 5.45. The number of nitrogens with zero attached hydrogens (tertiary/aromatic N) is 2. The highest BCUT2D eigenvalue weighted by atomic mass is 35.5. The molecule has 0 radical (unpaired) electrons. The smallest absolute Gasteiger partial charge is 0.382 e. The largest absolute Gasteiger partial charge is 0.417 e. The molecule has 0 amide bonds. The van der Waals surface area contributed by atoms with E-state index in [2.05, 4.69) is 9.97 Å². The summed E-state index contributed by atoms with van der Waals surface area (Å²) in [6.07, 6.45) is -3.67. The van der Waals surface area contributed by atoms with E-state index in [-0.39, 0.29) is 15.9 Å². The molecule has 0 atom stereocenters. The molecule has 0 aliphatic carbocycles. The van der Waals surface area contributed by atoms with E-state index in [4.69, 9.17) is 28.9 Å². The second kappa shape index (κ2) is 5.67. The zero-order valence-electron chi connectivity index (χ0n) is 9.58. The molecule has 2 heterocycles. The van der Waals surface area contributed by atoms with Crippen LogP contribution in [-0.4, -0.2) is 9.97 Å². The van der Waals surface area contributed by atoms with E-state index >= 15 is 0 Å². The van der Waals surface area contributed by atoms with Gasteiger partial charge in [-0.15, -0.1) is 0 Å². The summed E-state index contributed by atoms with van der Waals surface area (Å²) in [5.74, 6) is 0.0884. The molecule has 2 N–H and O–H groups in total. The number of hydrogen-bond acceptors (Lipinski definition) is 4. The van der Waals surface area contributed by atoms with Crippen LogP contribution in [0.25, 0.3) is 0 Å². The van der Waals surface area contributed by atoms with Crippen LogP contribution in [0, 0.1) is 0 Å². The molecule has 0 aromatic carbocycles. The number of hydrogen-bond donors (Lipinski definition) is 1. The zero-order valence-corrected chi connectivity index (χ0v) is 11.9. The van der Waals surface area contributed by atoms with E-state index in [0.717, 1.165) is 24.0 Å². The van der Waals surface area contributed by atoms with Crippen molar-refractivity contribution in [3.63, 3.8) is 0 Å². The Balaban J connectivity index is 2.25. The fourth-order valence-electron chi connectivity index (χ4n) is 1.24. The summed E-state index contributed by atoms with van der Waals surface area (Å²) in [5, 5.41) is 1.09. The van der Waals surface area contributed by atoms with Crippen LogP contribution in [0.3, 0.4) is 0 Å². The first kappa shape index (κ1) is 15.2. The first-order valence-electron chi connectivity index (χ1n) is 5.10. The zero-order chi connectivity index (χ0) is 14.9. The summed E-state index contributed by atoms with van der Waals surface area (Å²) in [7, 11) is 0. The number of pyridine rings is 2. The van der Waals surface area contributed by atoms with Crippen molar-refractivity contribution in [2.24, 2.45) is 0 Å². The summed E-state index contributed by atoms with van der Waals surface area (Å²) in [6, 6.07) is 3.58. The van der Waals surface area contributed by atoms with Crippen LogP contribution in [0.15, 0.2) is 34.4 Å². The lowest BCUT2D eigenvalue weighted by molar-refractivity contribution is -0.137. The highest BCUT2D eigenvalue weighted by Gasteiger charge is 2.30. The van der Waals surface area contributed by atoms with Gasteiger partial charge in [0.25, 0.3) is 0 Å². The number of aromatic nitrogens is 2. The SMILES string of the molecule is Nc1nc(Sc2ccc(C(F)(F)F)cn2)c(Cl)cc1Cl. The van der Waals surface area contributed by atoms with E-state index in [1.807, 2.05) is 0 Å². The Labute approximate surface area is 126 Å². The van der Waals surface area contributed by atoms with Crippen LogP contribution in [0.1, 0.15) is 5.56 Å². The fraction of sp³-hybridized carbons (Fsp3) is 0.0909. The molecule has 2 aromatic heterocycles. The van der Waals surface area contributed by atoms with Gasteiger partial charge in [-0.3, -0.25) is 0 Å². The molecule has 3 nitrogen and oxygen atoms in total. The number of nitrogen functional groups attached to an aromatic ring is 1. The molecule has 0 aliphatic rings. The van der Waals surface area contributed by atoms with Crippen LogP contribution in [0.4, 0.5) is 19.0 Å². The van der Waals surface area contributed by atoms with Gasteiger partial charge in [-0.05, 0) is 30.0 Å². The van der Waals surface area contributed by atoms with Crippen molar-refractivity contribution in [2.45, 2.75) is 16.2 Å². The molecule has 0 saturated heterocycles. The van der Waals surface area contributed by atoms with Gasteiger partial charge < -0.3 is 5.73 Å². The Bertz CT molecular complexity index is 632. The molecule has 0 unspecified atom stereocenters. The van der Waals surface area contributed by atoms with E-state index in [0.29, 0.717) is 10.1 Å². The third-order valence-corrected chi connectivity index (χ3v) is 3.85. The third-order valence-electron chi connectivity index (χ3n) is 2.19. The molecular weight excluding hydrogens is 334 g/mol. The van der Waals surface area contributed by atoms with E-state index < -0.39 is 11.7 Å². The number of halogens is 5. The van der Waals surface area contributed by atoms with Crippen LogP contribution < -0.4 is 5.73 Å². The lowest BCUT2D eigenvalue weighted by atomic mass is 10.3. The number of nitrogens with two attached hydrogens (primary N) is 1. The first-order valence-corrected chi connectivity index (χ1v) is 6.67. The van der Waals surface area contributed by atoms with Crippen molar-refractivity contribution in [1.82, 2.24) is 9.97 Å². The first-order chi connectivity index (χ1) is 9.27. The molecule has 20 heavy (non-hydrogen) atoms. The molecule has 0 saturated carbocycles. The molecule has 9 heteroatoms. The summed E-state index contributed by atoms with van der Waals surface area (Å²) >= 11 is 12.7. The molecule has 106 valence electrons. The Kier molecular flexibility index (Phi) is 4.31. The molecule has 0 bridgehead atoms. The monoisotopic (exact) mass is 339 g/mol. The number of anilines is 1. The van der Waals surface area contributed by atoms with E-state index in [1.165, 1.54) is 12.1 Å². The van der Waals surface area contributed by atoms with Crippen LogP contribution >= 0.6 is 35.0 Å². The van der Waals surface area contributed by atoms with Gasteiger partial charge in [0, 0.05) is 6.20 Å². The van der Waals surface area contributed by atoms with E-state index in [1.54, 1.807) is 0 Å². The summed E-state index contributed by atoms with van der Waals surface area (Å²) in [5.41, 5.74) is 4.72. The third kappa shape index (κ3) is 3.47. The minimum absolute atomic E-state index is 0.0884. The maximum absolute atomic E-state index is 12.4. The number of alkyl halides is 3. The second-order valence-electron chi connectivity index (χ2n) is 3.63. The van der Waals surface area contributed by atoms with Crippen molar-refractivity contribution in [1.29, 1.82) is 0 Å². The maximum Gasteiger partial charge on any atom is 0.417 e. The van der Waals surface area contributed by atoms with Gasteiger partial charge in [0.1, 0.15) is 15.9 Å². The molecule has 2 aromatic rings. The van der Waals surface area contributed by atoms with Gasteiger partial charge in [-0.25, -0.2) is 9.97 Å². The predicted octanol–water partition coefficient (Wildman–Crippen LogP) is 4.54. The lowest BCUT2D eigenvalue weighted by Gasteiger charge is -2.07. The summed E-state index contributed by atoms with van der Waals surface area (Å²) in [4.78, 5) is 7.66. The highest BCUT2D eigenvalue weighted by Crippen LogP contribution is 2.35. The Morgan fingerprint density at radius 3 is 2.40 bits per heavy atom. The predicted molar refractivity (Wildman–Crippen MR) is 72.0 cm³/mol. The van der Waals surface area contributed by atoms with Crippen molar-refractivity contribution >= 4 is 40.8 Å². The van der Waals surface area contributed by atoms with Gasteiger partial charge in [0.05, 0.1) is 15.6 Å². The summed E-state index contributed by atoms with van der Waals surface area (Å²) in [6.45, 7) is 0. The lowest BCUT2D eigenvalue weighted by Crippen LogP contribution is -2.05. The number of rotatable bonds is 2. The Hall–Kier alpha value is -1.18. The van der Waals surface area contributed by atoms with Crippen molar-refractivity contribution in [2.75, 3.05) is 5.73 Å². The van der Waals surface area contributed by atoms with E-state index in [9.17, 15) is 13.2 Å². The van der Waals surface area contributed by atoms with Crippen LogP contribution in [0.5, 0.6) is 0 Å². The summed E-state index contributed by atoms with van der Waals surface area (Å²) < 4.78 is 37.2. The highest BCUT2D eigenvalue weighted by molar-refractivity contribution is 7.99.